The number of hydrogen-bond acceptors (Lipinski definition) is 3. The number of hydrogen-bond donors (Lipinski definition) is 2. The van der Waals surface area contributed by atoms with E-state index in [1.165, 1.54) is 25.8 Å². The summed E-state index contributed by atoms with van der Waals surface area (Å²) in [5.74, 6) is 1.66. The summed E-state index contributed by atoms with van der Waals surface area (Å²) in [4.78, 5) is 15.5. The number of fused-ring (bicyclic) bond motifs is 1. The van der Waals surface area contributed by atoms with Gasteiger partial charge in [-0.25, -0.2) is 0 Å². The van der Waals surface area contributed by atoms with Crippen LogP contribution in [0.5, 0.6) is 0 Å². The van der Waals surface area contributed by atoms with Gasteiger partial charge in [-0.05, 0) is 44.1 Å². The smallest absolute Gasteiger partial charge is 0.228 e. The number of carbonyl (C=O) groups is 1. The molecule has 3 rings (SSSR count). The van der Waals surface area contributed by atoms with Crippen molar-refractivity contribution in [2.24, 2.45) is 17.3 Å². The fraction of sp³-hybridized carbons (Fsp3) is 0.944. The molecule has 2 N–H and O–H groups in total. The second kappa shape index (κ2) is 6.88. The van der Waals surface area contributed by atoms with Gasteiger partial charge in [0.15, 0.2) is 0 Å². The van der Waals surface area contributed by atoms with E-state index in [2.05, 4.69) is 29.4 Å². The third-order valence-corrected chi connectivity index (χ3v) is 6.04. The molecule has 0 radical (unpaired) electrons. The molecule has 2 aliphatic heterocycles. The molecule has 0 spiro atoms. The van der Waals surface area contributed by atoms with Crippen LogP contribution >= 0.6 is 0 Å². The van der Waals surface area contributed by atoms with Crippen LogP contribution in [-0.2, 0) is 4.79 Å². The minimum atomic E-state index is -0.0900. The summed E-state index contributed by atoms with van der Waals surface area (Å²) in [6, 6.07) is 0.397. The van der Waals surface area contributed by atoms with Crippen LogP contribution in [0.2, 0.25) is 0 Å². The normalized spacial score (nSPS) is 33.9. The van der Waals surface area contributed by atoms with E-state index in [9.17, 15) is 4.79 Å². The van der Waals surface area contributed by atoms with Crippen LogP contribution in [0.15, 0.2) is 0 Å². The average Bonchev–Trinajstić information content (AvgIpc) is 2.94. The number of amides is 1. The van der Waals surface area contributed by atoms with Crippen molar-refractivity contribution < 1.29 is 4.79 Å². The van der Waals surface area contributed by atoms with Gasteiger partial charge in [0.2, 0.25) is 5.91 Å². The summed E-state index contributed by atoms with van der Waals surface area (Å²) in [7, 11) is 0. The monoisotopic (exact) mass is 307 g/mol. The minimum absolute atomic E-state index is 0.0900. The van der Waals surface area contributed by atoms with Crippen LogP contribution < -0.4 is 10.6 Å². The van der Waals surface area contributed by atoms with Gasteiger partial charge in [-0.3, -0.25) is 4.79 Å². The van der Waals surface area contributed by atoms with Crippen LogP contribution in [0.3, 0.4) is 0 Å². The molecule has 126 valence electrons. The summed E-state index contributed by atoms with van der Waals surface area (Å²) in [6.45, 7) is 9.97. The summed E-state index contributed by atoms with van der Waals surface area (Å²) in [5.41, 5.74) is -0.0900. The fourth-order valence-corrected chi connectivity index (χ4v) is 4.80. The summed E-state index contributed by atoms with van der Waals surface area (Å²) >= 11 is 0. The molecular formula is C18H33N3O. The lowest BCUT2D eigenvalue weighted by atomic mass is 9.67. The molecular weight excluding hydrogens is 274 g/mol. The standard InChI is InChI=1S/C18H33N3O/c1-14(2)12-21-9-6-16(7-10-21)20-17(22)18-8-4-3-5-15(18)11-19-13-18/h14-16,19H,3-13H2,1-2H3,(H,20,22)/t15-,18+/m0/s1. The van der Waals surface area contributed by atoms with Crippen molar-refractivity contribution in [1.29, 1.82) is 0 Å². The van der Waals surface area contributed by atoms with Gasteiger partial charge in [-0.15, -0.1) is 0 Å². The topological polar surface area (TPSA) is 44.4 Å². The lowest BCUT2D eigenvalue weighted by Crippen LogP contribution is -2.53. The van der Waals surface area contributed by atoms with Crippen molar-refractivity contribution in [2.45, 2.75) is 58.4 Å². The second-order valence-electron chi connectivity index (χ2n) is 8.17. The molecule has 1 aliphatic carbocycles. The molecule has 3 fully saturated rings. The first-order valence-electron chi connectivity index (χ1n) is 9.34. The van der Waals surface area contributed by atoms with E-state index in [-0.39, 0.29) is 5.41 Å². The van der Waals surface area contributed by atoms with Crippen molar-refractivity contribution in [2.75, 3.05) is 32.7 Å². The molecule has 4 nitrogen and oxygen atoms in total. The number of nitrogens with one attached hydrogen (secondary N) is 2. The highest BCUT2D eigenvalue weighted by atomic mass is 16.2. The van der Waals surface area contributed by atoms with E-state index in [4.69, 9.17) is 0 Å². The first kappa shape index (κ1) is 16.3. The molecule has 1 amide bonds. The highest BCUT2D eigenvalue weighted by Crippen LogP contribution is 2.44. The predicted octanol–water partition coefficient (Wildman–Crippen LogP) is 2.00. The maximum absolute atomic E-state index is 13.0. The molecule has 22 heavy (non-hydrogen) atoms. The van der Waals surface area contributed by atoms with Gasteiger partial charge in [-0.2, -0.15) is 0 Å². The molecule has 0 unspecified atom stereocenters. The molecule has 0 aromatic carbocycles. The Hall–Kier alpha value is -0.610. The SMILES string of the molecule is CC(C)CN1CCC(NC(=O)[C@@]23CCCC[C@H]2CNC3)CC1. The summed E-state index contributed by atoms with van der Waals surface area (Å²) in [6.07, 6.45) is 7.07. The van der Waals surface area contributed by atoms with Crippen LogP contribution in [0.4, 0.5) is 0 Å². The zero-order chi connectivity index (χ0) is 15.6. The van der Waals surface area contributed by atoms with Gasteiger partial charge >= 0.3 is 0 Å². The van der Waals surface area contributed by atoms with Crippen molar-refractivity contribution in [3.05, 3.63) is 0 Å². The van der Waals surface area contributed by atoms with E-state index >= 15 is 0 Å². The predicted molar refractivity (Wildman–Crippen MR) is 89.7 cm³/mol. The van der Waals surface area contributed by atoms with E-state index < -0.39 is 0 Å². The fourth-order valence-electron chi connectivity index (χ4n) is 4.80. The van der Waals surface area contributed by atoms with E-state index in [0.29, 0.717) is 17.9 Å². The van der Waals surface area contributed by atoms with Crippen LogP contribution in [0.1, 0.15) is 52.4 Å². The Labute approximate surface area is 135 Å². The van der Waals surface area contributed by atoms with Crippen molar-refractivity contribution >= 4 is 5.91 Å². The third-order valence-electron chi connectivity index (χ3n) is 6.04. The molecule has 2 heterocycles. The second-order valence-corrected chi connectivity index (χ2v) is 8.17. The minimum Gasteiger partial charge on any atom is -0.353 e. The molecule has 2 atom stereocenters. The van der Waals surface area contributed by atoms with Crippen LogP contribution in [-0.4, -0.2) is 49.6 Å². The Bertz CT molecular complexity index is 390. The lowest BCUT2D eigenvalue weighted by molar-refractivity contribution is -0.135. The zero-order valence-electron chi connectivity index (χ0n) is 14.4. The molecule has 1 saturated carbocycles. The molecule has 0 bridgehead atoms. The highest BCUT2D eigenvalue weighted by molar-refractivity contribution is 5.84. The van der Waals surface area contributed by atoms with Crippen LogP contribution in [0.25, 0.3) is 0 Å². The quantitative estimate of drug-likeness (QED) is 0.835. The lowest BCUT2D eigenvalue weighted by Gasteiger charge is -2.40. The molecule has 0 aromatic rings. The zero-order valence-corrected chi connectivity index (χ0v) is 14.4. The number of piperidine rings is 1. The Morgan fingerprint density at radius 2 is 2.05 bits per heavy atom. The first-order chi connectivity index (χ1) is 10.6. The number of likely N-dealkylation sites (tertiary alicyclic amines) is 1. The molecule has 3 aliphatic rings. The molecule has 2 saturated heterocycles. The van der Waals surface area contributed by atoms with E-state index in [1.807, 2.05) is 0 Å². The van der Waals surface area contributed by atoms with Crippen molar-refractivity contribution in [3.8, 4) is 0 Å². The number of carbonyl (C=O) groups excluding carboxylic acids is 1. The van der Waals surface area contributed by atoms with E-state index in [0.717, 1.165) is 51.4 Å². The largest absolute Gasteiger partial charge is 0.353 e. The molecule has 0 aromatic heterocycles. The Morgan fingerprint density at radius 3 is 2.77 bits per heavy atom. The summed E-state index contributed by atoms with van der Waals surface area (Å²) < 4.78 is 0. The third kappa shape index (κ3) is 3.33. The van der Waals surface area contributed by atoms with Crippen LogP contribution in [0, 0.1) is 17.3 Å². The average molecular weight is 307 g/mol. The van der Waals surface area contributed by atoms with Gasteiger partial charge in [-0.1, -0.05) is 26.7 Å². The Kier molecular flexibility index (Phi) is 5.08. The van der Waals surface area contributed by atoms with Gasteiger partial charge in [0.05, 0.1) is 5.41 Å². The van der Waals surface area contributed by atoms with Gasteiger partial charge in [0, 0.05) is 32.2 Å². The first-order valence-corrected chi connectivity index (χ1v) is 9.34. The van der Waals surface area contributed by atoms with Crippen molar-refractivity contribution in [1.82, 2.24) is 15.5 Å². The number of nitrogens with zero attached hydrogens (tertiary/aromatic N) is 1. The Morgan fingerprint density at radius 1 is 1.27 bits per heavy atom. The van der Waals surface area contributed by atoms with Crippen molar-refractivity contribution in [3.63, 3.8) is 0 Å². The highest BCUT2D eigenvalue weighted by Gasteiger charge is 2.50. The number of rotatable bonds is 4. The van der Waals surface area contributed by atoms with Gasteiger partial charge < -0.3 is 15.5 Å². The summed E-state index contributed by atoms with van der Waals surface area (Å²) in [5, 5.41) is 6.90. The van der Waals surface area contributed by atoms with Gasteiger partial charge in [0.1, 0.15) is 0 Å². The van der Waals surface area contributed by atoms with E-state index in [1.54, 1.807) is 0 Å². The van der Waals surface area contributed by atoms with Gasteiger partial charge in [0.25, 0.3) is 0 Å². The maximum Gasteiger partial charge on any atom is 0.228 e. The molecule has 4 heteroatoms. The maximum atomic E-state index is 13.0. The Balaban J connectivity index is 1.52.